The Morgan fingerprint density at radius 2 is 1.52 bits per heavy atom. The number of likely N-dealkylation sites (N-methyl/N-ethyl adjacent to an activating group) is 1. The number of carbonyl (C=O) groups excluding carboxylic acids is 3. The summed E-state index contributed by atoms with van der Waals surface area (Å²) in [5.41, 5.74) is 3.37. The summed E-state index contributed by atoms with van der Waals surface area (Å²) in [6.45, 7) is 9.03. The molecular weight excluding hydrogens is 392 g/mol. The quantitative estimate of drug-likeness (QED) is 0.487. The standard InChI is InChI=1S/C25H30N2O4/c1-15(2)18-8-7-9-19(16(3)4)22(18)27-23(28)20-11-10-17(14-21(20)24(27)29)25(30)31-13-12-26(5)6/h7-11,14-16H,12-13H2,1-6H3. The van der Waals surface area contributed by atoms with E-state index in [-0.39, 0.29) is 35.5 Å². The molecule has 2 aromatic rings. The Kier molecular flexibility index (Phi) is 6.60. The average molecular weight is 423 g/mol. The zero-order valence-electron chi connectivity index (χ0n) is 19.1. The van der Waals surface area contributed by atoms with E-state index in [1.165, 1.54) is 11.0 Å². The van der Waals surface area contributed by atoms with Crippen molar-refractivity contribution in [3.63, 3.8) is 0 Å². The second kappa shape index (κ2) is 9.02. The third-order valence-electron chi connectivity index (χ3n) is 5.46. The summed E-state index contributed by atoms with van der Waals surface area (Å²) in [5.74, 6) is -0.991. The lowest BCUT2D eigenvalue weighted by atomic mass is 9.92. The number of benzene rings is 2. The fourth-order valence-electron chi connectivity index (χ4n) is 3.75. The second-order valence-corrected chi connectivity index (χ2v) is 8.74. The Bertz CT molecular complexity index is 998. The molecule has 0 radical (unpaired) electrons. The molecule has 0 unspecified atom stereocenters. The Labute approximate surface area is 183 Å². The van der Waals surface area contributed by atoms with Crippen LogP contribution in [0.25, 0.3) is 0 Å². The second-order valence-electron chi connectivity index (χ2n) is 8.74. The number of anilines is 1. The first-order chi connectivity index (χ1) is 14.6. The number of ether oxygens (including phenoxy) is 1. The van der Waals surface area contributed by atoms with Gasteiger partial charge in [-0.25, -0.2) is 9.69 Å². The molecule has 3 rings (SSSR count). The highest BCUT2D eigenvalue weighted by atomic mass is 16.5. The van der Waals surface area contributed by atoms with Crippen molar-refractivity contribution < 1.29 is 19.1 Å². The first-order valence-electron chi connectivity index (χ1n) is 10.6. The summed E-state index contributed by atoms with van der Waals surface area (Å²) < 4.78 is 5.28. The van der Waals surface area contributed by atoms with Gasteiger partial charge in [-0.1, -0.05) is 45.9 Å². The number of fused-ring (bicyclic) bond motifs is 1. The Morgan fingerprint density at radius 1 is 0.935 bits per heavy atom. The maximum atomic E-state index is 13.4. The molecule has 0 fully saturated rings. The topological polar surface area (TPSA) is 66.9 Å². The van der Waals surface area contributed by atoms with Crippen molar-refractivity contribution in [2.24, 2.45) is 0 Å². The molecular formula is C25H30N2O4. The van der Waals surface area contributed by atoms with E-state index < -0.39 is 11.9 Å². The van der Waals surface area contributed by atoms with Gasteiger partial charge in [-0.05, 0) is 55.3 Å². The summed E-state index contributed by atoms with van der Waals surface area (Å²) in [4.78, 5) is 42.2. The predicted octanol–water partition coefficient (Wildman–Crippen LogP) is 4.45. The van der Waals surface area contributed by atoms with Crippen molar-refractivity contribution in [1.29, 1.82) is 0 Å². The molecule has 0 spiro atoms. The van der Waals surface area contributed by atoms with E-state index in [0.717, 1.165) is 11.1 Å². The molecule has 1 heterocycles. The molecule has 0 saturated heterocycles. The summed E-state index contributed by atoms with van der Waals surface area (Å²) in [6.07, 6.45) is 0. The number of para-hydroxylation sites is 1. The third-order valence-corrected chi connectivity index (χ3v) is 5.46. The Morgan fingerprint density at radius 3 is 2.06 bits per heavy atom. The van der Waals surface area contributed by atoms with Crippen LogP contribution in [0.4, 0.5) is 5.69 Å². The molecule has 0 aliphatic carbocycles. The van der Waals surface area contributed by atoms with Crippen LogP contribution in [0.5, 0.6) is 0 Å². The van der Waals surface area contributed by atoms with E-state index in [9.17, 15) is 14.4 Å². The predicted molar refractivity (Wildman–Crippen MR) is 121 cm³/mol. The number of imide groups is 1. The molecule has 164 valence electrons. The van der Waals surface area contributed by atoms with Crippen LogP contribution < -0.4 is 4.90 Å². The summed E-state index contributed by atoms with van der Waals surface area (Å²) in [5, 5.41) is 0. The molecule has 1 aliphatic rings. The van der Waals surface area contributed by atoms with E-state index in [1.54, 1.807) is 12.1 Å². The van der Waals surface area contributed by atoms with Gasteiger partial charge in [-0.15, -0.1) is 0 Å². The maximum Gasteiger partial charge on any atom is 0.338 e. The zero-order valence-corrected chi connectivity index (χ0v) is 19.1. The van der Waals surface area contributed by atoms with Gasteiger partial charge in [-0.2, -0.15) is 0 Å². The number of hydrogen-bond acceptors (Lipinski definition) is 5. The minimum atomic E-state index is -0.506. The van der Waals surface area contributed by atoms with Gasteiger partial charge in [0.2, 0.25) is 0 Å². The number of nitrogens with zero attached hydrogens (tertiary/aromatic N) is 2. The maximum absolute atomic E-state index is 13.4. The van der Waals surface area contributed by atoms with Crippen LogP contribution in [0, 0.1) is 0 Å². The molecule has 0 aromatic heterocycles. The summed E-state index contributed by atoms with van der Waals surface area (Å²) >= 11 is 0. The van der Waals surface area contributed by atoms with Gasteiger partial charge >= 0.3 is 5.97 Å². The minimum absolute atomic E-state index is 0.139. The number of amides is 2. The Balaban J connectivity index is 1.99. The molecule has 6 nitrogen and oxygen atoms in total. The van der Waals surface area contributed by atoms with E-state index >= 15 is 0 Å². The first-order valence-corrected chi connectivity index (χ1v) is 10.6. The first kappa shape index (κ1) is 22.7. The number of hydrogen-bond donors (Lipinski definition) is 0. The molecule has 0 N–H and O–H groups in total. The van der Waals surface area contributed by atoms with Gasteiger partial charge in [0.05, 0.1) is 22.4 Å². The van der Waals surface area contributed by atoms with Gasteiger partial charge in [0.1, 0.15) is 6.61 Å². The molecule has 0 atom stereocenters. The fourth-order valence-corrected chi connectivity index (χ4v) is 3.75. The Hall–Kier alpha value is -2.99. The van der Waals surface area contributed by atoms with Crippen LogP contribution in [0.3, 0.4) is 0 Å². The molecule has 2 aromatic carbocycles. The lowest BCUT2D eigenvalue weighted by Gasteiger charge is -2.25. The lowest BCUT2D eigenvalue weighted by molar-refractivity contribution is 0.0481. The number of rotatable bonds is 7. The van der Waals surface area contributed by atoms with Crippen molar-refractivity contribution in [1.82, 2.24) is 4.90 Å². The molecule has 2 amide bonds. The van der Waals surface area contributed by atoms with Crippen LogP contribution in [0.2, 0.25) is 0 Å². The normalized spacial score (nSPS) is 13.5. The third kappa shape index (κ3) is 4.39. The summed E-state index contributed by atoms with van der Waals surface area (Å²) in [7, 11) is 3.78. The van der Waals surface area contributed by atoms with Gasteiger partial charge in [0, 0.05) is 6.54 Å². The highest BCUT2D eigenvalue weighted by molar-refractivity contribution is 6.35. The largest absolute Gasteiger partial charge is 0.461 e. The van der Waals surface area contributed by atoms with Crippen molar-refractivity contribution in [3.8, 4) is 0 Å². The molecule has 0 bridgehead atoms. The smallest absolute Gasteiger partial charge is 0.338 e. The van der Waals surface area contributed by atoms with Crippen LogP contribution in [-0.4, -0.2) is 49.9 Å². The molecule has 1 aliphatic heterocycles. The highest BCUT2D eigenvalue weighted by Crippen LogP contribution is 2.39. The van der Waals surface area contributed by atoms with Crippen LogP contribution in [0.15, 0.2) is 36.4 Å². The number of carbonyl (C=O) groups is 3. The number of esters is 1. The van der Waals surface area contributed by atoms with Crippen molar-refractivity contribution >= 4 is 23.5 Å². The lowest BCUT2D eigenvalue weighted by Crippen LogP contribution is -2.31. The highest BCUT2D eigenvalue weighted by Gasteiger charge is 2.39. The van der Waals surface area contributed by atoms with Crippen molar-refractivity contribution in [2.75, 3.05) is 32.1 Å². The van der Waals surface area contributed by atoms with Crippen molar-refractivity contribution in [3.05, 3.63) is 64.2 Å². The van der Waals surface area contributed by atoms with E-state index in [2.05, 4.69) is 0 Å². The van der Waals surface area contributed by atoms with Gasteiger partial charge in [0.15, 0.2) is 0 Å². The average Bonchev–Trinajstić information content (AvgIpc) is 2.96. The SMILES string of the molecule is CC(C)c1cccc(C(C)C)c1N1C(=O)c2ccc(C(=O)OCCN(C)C)cc2C1=O. The van der Waals surface area contributed by atoms with Crippen LogP contribution in [-0.2, 0) is 4.74 Å². The molecule has 0 saturated carbocycles. The zero-order chi connectivity index (χ0) is 22.9. The molecule has 6 heteroatoms. The van der Waals surface area contributed by atoms with Gasteiger partial charge < -0.3 is 9.64 Å². The van der Waals surface area contributed by atoms with Gasteiger partial charge in [0.25, 0.3) is 11.8 Å². The molecule has 31 heavy (non-hydrogen) atoms. The van der Waals surface area contributed by atoms with Crippen molar-refractivity contribution in [2.45, 2.75) is 39.5 Å². The van der Waals surface area contributed by atoms with E-state index in [0.29, 0.717) is 17.8 Å². The van der Waals surface area contributed by atoms with E-state index in [1.807, 2.05) is 64.9 Å². The monoisotopic (exact) mass is 422 g/mol. The van der Waals surface area contributed by atoms with Gasteiger partial charge in [-0.3, -0.25) is 9.59 Å². The van der Waals surface area contributed by atoms with Crippen LogP contribution >= 0.6 is 0 Å². The summed E-state index contributed by atoms with van der Waals surface area (Å²) in [6, 6.07) is 10.5. The van der Waals surface area contributed by atoms with Crippen LogP contribution in [0.1, 0.15) is 81.7 Å². The fraction of sp³-hybridized carbons (Fsp3) is 0.400. The minimum Gasteiger partial charge on any atom is -0.461 e. The van der Waals surface area contributed by atoms with E-state index in [4.69, 9.17) is 4.74 Å².